The molecule has 1 aromatic carbocycles. The molecule has 1 aromatic rings. The third-order valence-electron chi connectivity index (χ3n) is 3.23. The highest BCUT2D eigenvalue weighted by Gasteiger charge is 2.19. The molecule has 2 rings (SSSR count). The van der Waals surface area contributed by atoms with Crippen molar-refractivity contribution in [3.63, 3.8) is 0 Å². The van der Waals surface area contributed by atoms with E-state index in [1.807, 2.05) is 4.89 Å². The van der Waals surface area contributed by atoms with E-state index < -0.39 is 10.0 Å². The number of hydrogen-bond donors (Lipinski definition) is 1. The number of aryl methyl sites for hydroxylation is 1. The summed E-state index contributed by atoms with van der Waals surface area (Å²) in [6.45, 7) is 1.74. The third kappa shape index (κ3) is 3.46. The SMILES string of the molecule is CONS(=O)(=O)c1ccc(OC2CCCC2)cc1C. The smallest absolute Gasteiger partial charge is 0.262 e. The first-order valence-electron chi connectivity index (χ1n) is 6.35. The molecule has 19 heavy (non-hydrogen) atoms. The van der Waals surface area contributed by atoms with E-state index in [4.69, 9.17) is 4.74 Å². The van der Waals surface area contributed by atoms with Gasteiger partial charge in [0.05, 0.1) is 18.1 Å². The molecule has 0 amide bonds. The van der Waals surface area contributed by atoms with Crippen LogP contribution < -0.4 is 9.62 Å². The zero-order valence-electron chi connectivity index (χ0n) is 11.2. The summed E-state index contributed by atoms with van der Waals surface area (Å²) < 4.78 is 29.5. The molecule has 6 heteroatoms. The van der Waals surface area contributed by atoms with Gasteiger partial charge in [-0.05, 0) is 56.4 Å². The highest BCUT2D eigenvalue weighted by molar-refractivity contribution is 7.89. The molecular formula is C13H19NO4S. The molecule has 0 saturated heterocycles. The minimum absolute atomic E-state index is 0.202. The van der Waals surface area contributed by atoms with Gasteiger partial charge in [-0.15, -0.1) is 0 Å². The average Bonchev–Trinajstić information content (AvgIpc) is 2.81. The van der Waals surface area contributed by atoms with Gasteiger partial charge in [-0.3, -0.25) is 4.84 Å². The molecule has 1 aliphatic rings. The third-order valence-corrected chi connectivity index (χ3v) is 4.66. The fraction of sp³-hybridized carbons (Fsp3) is 0.538. The Morgan fingerprint density at radius 3 is 2.53 bits per heavy atom. The van der Waals surface area contributed by atoms with Crippen LogP contribution in [0.25, 0.3) is 0 Å². The van der Waals surface area contributed by atoms with Crippen LogP contribution in [0.2, 0.25) is 0 Å². The molecule has 1 fully saturated rings. The number of hydrogen-bond acceptors (Lipinski definition) is 4. The van der Waals surface area contributed by atoms with E-state index >= 15 is 0 Å². The van der Waals surface area contributed by atoms with E-state index in [2.05, 4.69) is 4.84 Å². The molecule has 5 nitrogen and oxygen atoms in total. The van der Waals surface area contributed by atoms with Gasteiger partial charge in [-0.2, -0.15) is 0 Å². The average molecular weight is 285 g/mol. The lowest BCUT2D eigenvalue weighted by molar-refractivity contribution is 0.153. The van der Waals surface area contributed by atoms with Crippen LogP contribution in [0.1, 0.15) is 31.2 Å². The van der Waals surface area contributed by atoms with Crippen molar-refractivity contribution in [3.8, 4) is 5.75 Å². The number of nitrogens with one attached hydrogen (secondary N) is 1. The van der Waals surface area contributed by atoms with Crippen molar-refractivity contribution in [2.24, 2.45) is 0 Å². The summed E-state index contributed by atoms with van der Waals surface area (Å²) in [5.74, 6) is 0.723. The van der Waals surface area contributed by atoms with Crippen molar-refractivity contribution in [1.82, 2.24) is 4.89 Å². The molecule has 0 aromatic heterocycles. The van der Waals surface area contributed by atoms with Crippen LogP contribution in [0.5, 0.6) is 5.75 Å². The maximum atomic E-state index is 11.8. The normalized spacial score (nSPS) is 16.7. The Bertz CT molecular complexity index is 536. The second-order valence-electron chi connectivity index (χ2n) is 4.74. The second-order valence-corrected chi connectivity index (χ2v) is 6.36. The van der Waals surface area contributed by atoms with E-state index in [0.29, 0.717) is 5.56 Å². The van der Waals surface area contributed by atoms with E-state index in [1.54, 1.807) is 25.1 Å². The van der Waals surface area contributed by atoms with Crippen molar-refractivity contribution < 1.29 is 18.0 Å². The summed E-state index contributed by atoms with van der Waals surface area (Å²) in [6, 6.07) is 4.99. The maximum Gasteiger partial charge on any atom is 0.262 e. The lowest BCUT2D eigenvalue weighted by Crippen LogP contribution is -2.23. The largest absolute Gasteiger partial charge is 0.490 e. The molecule has 0 heterocycles. The minimum atomic E-state index is -3.61. The molecule has 1 N–H and O–H groups in total. The van der Waals surface area contributed by atoms with Crippen molar-refractivity contribution in [2.75, 3.05) is 7.11 Å². The highest BCUT2D eigenvalue weighted by atomic mass is 32.2. The Hall–Kier alpha value is -1.11. The molecule has 0 spiro atoms. The Kier molecular flexibility index (Phi) is 4.44. The predicted molar refractivity (Wildman–Crippen MR) is 71.4 cm³/mol. The van der Waals surface area contributed by atoms with Crippen LogP contribution in [-0.2, 0) is 14.9 Å². The Morgan fingerprint density at radius 2 is 1.95 bits per heavy atom. The molecule has 0 unspecified atom stereocenters. The van der Waals surface area contributed by atoms with Gasteiger partial charge in [0.25, 0.3) is 10.0 Å². The molecule has 0 radical (unpaired) electrons. The molecule has 1 aliphatic carbocycles. The molecule has 106 valence electrons. The van der Waals surface area contributed by atoms with Gasteiger partial charge < -0.3 is 4.74 Å². The van der Waals surface area contributed by atoms with Gasteiger partial charge in [0.1, 0.15) is 5.75 Å². The first kappa shape index (κ1) is 14.3. The van der Waals surface area contributed by atoms with E-state index in [9.17, 15) is 8.42 Å². The Balaban J connectivity index is 2.17. The quantitative estimate of drug-likeness (QED) is 0.842. The van der Waals surface area contributed by atoms with Crippen LogP contribution >= 0.6 is 0 Å². The van der Waals surface area contributed by atoms with Crippen LogP contribution in [0.15, 0.2) is 23.1 Å². The van der Waals surface area contributed by atoms with Crippen molar-refractivity contribution in [3.05, 3.63) is 23.8 Å². The number of ether oxygens (including phenoxy) is 1. The van der Waals surface area contributed by atoms with Crippen LogP contribution in [0.3, 0.4) is 0 Å². The zero-order valence-corrected chi connectivity index (χ0v) is 12.0. The summed E-state index contributed by atoms with van der Waals surface area (Å²) >= 11 is 0. The van der Waals surface area contributed by atoms with E-state index in [0.717, 1.165) is 18.6 Å². The van der Waals surface area contributed by atoms with Crippen molar-refractivity contribution >= 4 is 10.0 Å². The monoisotopic (exact) mass is 285 g/mol. The minimum Gasteiger partial charge on any atom is -0.490 e. The van der Waals surface area contributed by atoms with Crippen LogP contribution in [-0.4, -0.2) is 21.6 Å². The summed E-state index contributed by atoms with van der Waals surface area (Å²) in [4.78, 5) is 6.69. The van der Waals surface area contributed by atoms with Gasteiger partial charge in [-0.25, -0.2) is 8.42 Å². The number of benzene rings is 1. The fourth-order valence-electron chi connectivity index (χ4n) is 2.35. The van der Waals surface area contributed by atoms with Gasteiger partial charge >= 0.3 is 0 Å². The van der Waals surface area contributed by atoms with E-state index in [1.165, 1.54) is 20.0 Å². The predicted octanol–water partition coefficient (Wildman–Crippen LogP) is 2.16. The summed E-state index contributed by atoms with van der Waals surface area (Å²) in [5.41, 5.74) is 0.639. The fourth-order valence-corrected chi connectivity index (χ4v) is 3.39. The molecular weight excluding hydrogens is 266 g/mol. The van der Waals surface area contributed by atoms with Crippen molar-refractivity contribution in [1.29, 1.82) is 0 Å². The van der Waals surface area contributed by atoms with E-state index in [-0.39, 0.29) is 11.0 Å². The standard InChI is InChI=1S/C13H19NO4S/c1-10-9-12(18-11-5-3-4-6-11)7-8-13(10)19(15,16)14-17-2/h7-9,11,14H,3-6H2,1-2H3. The van der Waals surface area contributed by atoms with Gasteiger partial charge in [-0.1, -0.05) is 4.89 Å². The molecule has 0 aliphatic heterocycles. The Morgan fingerprint density at radius 1 is 1.26 bits per heavy atom. The van der Waals surface area contributed by atoms with Gasteiger partial charge in [0.2, 0.25) is 0 Å². The summed E-state index contributed by atoms with van der Waals surface area (Å²) in [7, 11) is -2.34. The first-order chi connectivity index (χ1) is 9.03. The summed E-state index contributed by atoms with van der Waals surface area (Å²) in [6.07, 6.45) is 4.81. The van der Waals surface area contributed by atoms with Crippen LogP contribution in [0, 0.1) is 6.92 Å². The summed E-state index contributed by atoms with van der Waals surface area (Å²) in [5, 5.41) is 0. The Labute approximate surface area is 113 Å². The number of rotatable bonds is 5. The van der Waals surface area contributed by atoms with Crippen LogP contribution in [0.4, 0.5) is 0 Å². The van der Waals surface area contributed by atoms with Crippen molar-refractivity contribution in [2.45, 2.75) is 43.6 Å². The highest BCUT2D eigenvalue weighted by Crippen LogP contribution is 2.26. The zero-order chi connectivity index (χ0) is 13.9. The maximum absolute atomic E-state index is 11.8. The number of sulfonamides is 1. The molecule has 0 atom stereocenters. The topological polar surface area (TPSA) is 64.6 Å². The lowest BCUT2D eigenvalue weighted by atomic mass is 10.2. The molecule has 1 saturated carbocycles. The lowest BCUT2D eigenvalue weighted by Gasteiger charge is -2.15. The second kappa shape index (κ2) is 5.90. The first-order valence-corrected chi connectivity index (χ1v) is 7.83. The molecule has 0 bridgehead atoms. The van der Waals surface area contributed by atoms with Gasteiger partial charge in [0, 0.05) is 0 Å². The van der Waals surface area contributed by atoms with Gasteiger partial charge in [0.15, 0.2) is 0 Å².